The van der Waals surface area contributed by atoms with Gasteiger partial charge in [0.05, 0.1) is 5.56 Å². The van der Waals surface area contributed by atoms with E-state index in [1.807, 2.05) is 0 Å². The second-order valence-corrected chi connectivity index (χ2v) is 6.19. The Kier molecular flexibility index (Phi) is 5.17. The molecule has 108 valence electrons. The SMILES string of the molecule is O=C(CCC1CCCC1)Nc1cc(Br)cc(C(=O)O)c1. The molecule has 2 rings (SSSR count). The average molecular weight is 340 g/mol. The normalized spacial score (nSPS) is 15.2. The Morgan fingerprint density at radius 3 is 2.60 bits per heavy atom. The fourth-order valence-electron chi connectivity index (χ4n) is 2.64. The highest BCUT2D eigenvalue weighted by atomic mass is 79.9. The molecule has 1 saturated carbocycles. The van der Waals surface area contributed by atoms with Gasteiger partial charge in [0.15, 0.2) is 0 Å². The smallest absolute Gasteiger partial charge is 0.335 e. The number of aromatic carboxylic acids is 1. The number of carboxylic acid groups (broad SMARTS) is 1. The zero-order valence-corrected chi connectivity index (χ0v) is 12.8. The lowest BCUT2D eigenvalue weighted by Crippen LogP contribution is -2.13. The Morgan fingerprint density at radius 1 is 1.25 bits per heavy atom. The molecule has 1 aromatic rings. The van der Waals surface area contributed by atoms with Crippen molar-refractivity contribution in [1.82, 2.24) is 0 Å². The lowest BCUT2D eigenvalue weighted by atomic mass is 10.0. The standard InChI is InChI=1S/C15H18BrNO3/c16-12-7-11(15(19)20)8-13(9-12)17-14(18)6-5-10-3-1-2-4-10/h7-10H,1-6H2,(H,17,18)(H,19,20). The highest BCUT2D eigenvalue weighted by molar-refractivity contribution is 9.10. The van der Waals surface area contributed by atoms with Crippen LogP contribution in [0.25, 0.3) is 0 Å². The Labute approximate surface area is 126 Å². The van der Waals surface area contributed by atoms with E-state index in [1.165, 1.54) is 37.8 Å². The highest BCUT2D eigenvalue weighted by Gasteiger charge is 2.16. The third-order valence-corrected chi connectivity index (χ3v) is 4.14. The van der Waals surface area contributed by atoms with Crippen molar-refractivity contribution < 1.29 is 14.7 Å². The topological polar surface area (TPSA) is 66.4 Å². The van der Waals surface area contributed by atoms with Crippen molar-refractivity contribution in [3.05, 3.63) is 28.2 Å². The van der Waals surface area contributed by atoms with E-state index in [-0.39, 0.29) is 11.5 Å². The maximum atomic E-state index is 11.9. The first-order chi connectivity index (χ1) is 9.54. The number of nitrogens with one attached hydrogen (secondary N) is 1. The first-order valence-corrected chi connectivity index (χ1v) is 7.67. The van der Waals surface area contributed by atoms with E-state index in [0.717, 1.165) is 6.42 Å². The second kappa shape index (κ2) is 6.88. The number of hydrogen-bond acceptors (Lipinski definition) is 2. The Hall–Kier alpha value is -1.36. The summed E-state index contributed by atoms with van der Waals surface area (Å²) in [5.41, 5.74) is 0.679. The number of rotatable bonds is 5. The summed E-state index contributed by atoms with van der Waals surface area (Å²) in [6.07, 6.45) is 6.44. The predicted molar refractivity (Wildman–Crippen MR) is 80.9 cm³/mol. The van der Waals surface area contributed by atoms with Crippen LogP contribution in [-0.2, 0) is 4.79 Å². The van der Waals surface area contributed by atoms with Gasteiger partial charge >= 0.3 is 5.97 Å². The molecule has 0 radical (unpaired) electrons. The molecule has 0 atom stereocenters. The molecule has 1 amide bonds. The number of amides is 1. The third kappa shape index (κ3) is 4.34. The second-order valence-electron chi connectivity index (χ2n) is 5.27. The largest absolute Gasteiger partial charge is 0.478 e. The van der Waals surface area contributed by atoms with E-state index in [4.69, 9.17) is 5.11 Å². The van der Waals surface area contributed by atoms with Gasteiger partial charge in [0.25, 0.3) is 0 Å². The first-order valence-electron chi connectivity index (χ1n) is 6.88. The fraction of sp³-hybridized carbons (Fsp3) is 0.467. The van der Waals surface area contributed by atoms with Crippen LogP contribution in [0.2, 0.25) is 0 Å². The monoisotopic (exact) mass is 339 g/mol. The molecule has 0 bridgehead atoms. The van der Waals surface area contributed by atoms with Crippen molar-refractivity contribution in [1.29, 1.82) is 0 Å². The maximum Gasteiger partial charge on any atom is 0.335 e. The summed E-state index contributed by atoms with van der Waals surface area (Å²) in [4.78, 5) is 22.8. The summed E-state index contributed by atoms with van der Waals surface area (Å²) in [6, 6.07) is 4.69. The molecule has 1 aliphatic carbocycles. The van der Waals surface area contributed by atoms with Crippen molar-refractivity contribution in [2.24, 2.45) is 5.92 Å². The van der Waals surface area contributed by atoms with Gasteiger partial charge in [-0.3, -0.25) is 4.79 Å². The molecule has 1 fully saturated rings. The molecule has 0 spiro atoms. The van der Waals surface area contributed by atoms with Gasteiger partial charge in [-0.25, -0.2) is 4.79 Å². The van der Waals surface area contributed by atoms with Gasteiger partial charge in [-0.05, 0) is 30.5 Å². The van der Waals surface area contributed by atoms with Gasteiger partial charge in [0, 0.05) is 16.6 Å². The van der Waals surface area contributed by atoms with Crippen LogP contribution in [0.15, 0.2) is 22.7 Å². The van der Waals surface area contributed by atoms with E-state index in [2.05, 4.69) is 21.2 Å². The highest BCUT2D eigenvalue weighted by Crippen LogP contribution is 2.28. The number of hydrogen-bond donors (Lipinski definition) is 2. The minimum Gasteiger partial charge on any atom is -0.478 e. The number of carbonyl (C=O) groups is 2. The molecule has 5 heteroatoms. The van der Waals surface area contributed by atoms with E-state index in [9.17, 15) is 9.59 Å². The molecule has 0 aromatic heterocycles. The summed E-state index contributed by atoms with van der Waals surface area (Å²) in [6.45, 7) is 0. The van der Waals surface area contributed by atoms with Crippen molar-refractivity contribution in [3.8, 4) is 0 Å². The first kappa shape index (κ1) is 15.0. The van der Waals surface area contributed by atoms with Crippen LogP contribution in [-0.4, -0.2) is 17.0 Å². The third-order valence-electron chi connectivity index (χ3n) is 3.68. The van der Waals surface area contributed by atoms with Gasteiger partial charge in [-0.15, -0.1) is 0 Å². The minimum atomic E-state index is -1.01. The molecule has 0 saturated heterocycles. The summed E-state index contributed by atoms with van der Waals surface area (Å²) in [7, 11) is 0. The molecule has 4 nitrogen and oxygen atoms in total. The van der Waals surface area contributed by atoms with Gasteiger partial charge in [-0.2, -0.15) is 0 Å². The van der Waals surface area contributed by atoms with E-state index in [1.54, 1.807) is 6.07 Å². The fourth-order valence-corrected chi connectivity index (χ4v) is 3.14. The summed E-state index contributed by atoms with van der Waals surface area (Å²) in [5.74, 6) is -0.378. The lowest BCUT2D eigenvalue weighted by Gasteiger charge is -2.10. The Bertz CT molecular complexity index is 510. The van der Waals surface area contributed by atoms with E-state index >= 15 is 0 Å². The van der Waals surface area contributed by atoms with Crippen molar-refractivity contribution in [2.45, 2.75) is 38.5 Å². The van der Waals surface area contributed by atoms with Crippen molar-refractivity contribution >= 4 is 33.5 Å². The number of carbonyl (C=O) groups excluding carboxylic acids is 1. The van der Waals surface area contributed by atoms with Crippen LogP contribution >= 0.6 is 15.9 Å². The maximum absolute atomic E-state index is 11.9. The van der Waals surface area contributed by atoms with Crippen LogP contribution < -0.4 is 5.32 Å². The number of carboxylic acids is 1. The molecule has 0 unspecified atom stereocenters. The molecule has 1 aromatic carbocycles. The van der Waals surface area contributed by atoms with Gasteiger partial charge in [0.1, 0.15) is 0 Å². The summed E-state index contributed by atoms with van der Waals surface area (Å²) < 4.78 is 0.642. The molecule has 0 heterocycles. The van der Waals surface area contributed by atoms with Crippen LogP contribution in [0.5, 0.6) is 0 Å². The zero-order chi connectivity index (χ0) is 14.5. The molecule has 0 aliphatic heterocycles. The van der Waals surface area contributed by atoms with Crippen LogP contribution in [0.1, 0.15) is 48.9 Å². The molecule has 2 N–H and O–H groups in total. The van der Waals surface area contributed by atoms with Gasteiger partial charge in [-0.1, -0.05) is 41.6 Å². The molecule has 20 heavy (non-hydrogen) atoms. The number of halogens is 1. The quantitative estimate of drug-likeness (QED) is 0.850. The lowest BCUT2D eigenvalue weighted by molar-refractivity contribution is -0.116. The van der Waals surface area contributed by atoms with Gasteiger partial charge in [0.2, 0.25) is 5.91 Å². The Morgan fingerprint density at radius 2 is 1.95 bits per heavy atom. The molecular weight excluding hydrogens is 322 g/mol. The Balaban J connectivity index is 1.91. The van der Waals surface area contributed by atoms with Crippen LogP contribution in [0.3, 0.4) is 0 Å². The van der Waals surface area contributed by atoms with Crippen LogP contribution in [0, 0.1) is 5.92 Å². The van der Waals surface area contributed by atoms with E-state index < -0.39 is 5.97 Å². The average Bonchev–Trinajstić information content (AvgIpc) is 2.88. The predicted octanol–water partition coefficient (Wildman–Crippen LogP) is 4.06. The molecule has 1 aliphatic rings. The summed E-state index contributed by atoms with van der Waals surface area (Å²) in [5, 5.41) is 11.8. The minimum absolute atomic E-state index is 0.0497. The summed E-state index contributed by atoms with van der Waals surface area (Å²) >= 11 is 3.25. The number of anilines is 1. The number of benzene rings is 1. The van der Waals surface area contributed by atoms with Crippen molar-refractivity contribution in [3.63, 3.8) is 0 Å². The van der Waals surface area contributed by atoms with E-state index in [0.29, 0.717) is 22.5 Å². The van der Waals surface area contributed by atoms with Crippen LogP contribution in [0.4, 0.5) is 5.69 Å². The van der Waals surface area contributed by atoms with Gasteiger partial charge < -0.3 is 10.4 Å². The molecular formula is C15H18BrNO3. The zero-order valence-electron chi connectivity index (χ0n) is 11.2. The van der Waals surface area contributed by atoms with Crippen molar-refractivity contribution in [2.75, 3.05) is 5.32 Å².